The van der Waals surface area contributed by atoms with Crippen LogP contribution in [0.3, 0.4) is 0 Å². The van der Waals surface area contributed by atoms with E-state index in [1.807, 2.05) is 13.8 Å². The maximum Gasteiger partial charge on any atom is 0.265 e. The first-order valence-electron chi connectivity index (χ1n) is 14.1. The van der Waals surface area contributed by atoms with Crippen LogP contribution < -0.4 is 20.7 Å². The van der Waals surface area contributed by atoms with Gasteiger partial charge in [-0.3, -0.25) is 4.98 Å². The van der Waals surface area contributed by atoms with Gasteiger partial charge in [0.05, 0.1) is 43.1 Å². The summed E-state index contributed by atoms with van der Waals surface area (Å²) in [5.74, 6) is -1.29. The number of methoxy groups -OCH3 is 1. The average molecular weight is 619 g/mol. The van der Waals surface area contributed by atoms with E-state index in [1.165, 1.54) is 19.6 Å². The van der Waals surface area contributed by atoms with E-state index in [2.05, 4.69) is 25.3 Å². The van der Waals surface area contributed by atoms with E-state index < -0.39 is 29.7 Å². The molecule has 4 N–H and O–H groups in total. The predicted molar refractivity (Wildman–Crippen MR) is 156 cm³/mol. The van der Waals surface area contributed by atoms with E-state index in [0.29, 0.717) is 47.8 Å². The molecule has 3 aromatic heterocycles. The summed E-state index contributed by atoms with van der Waals surface area (Å²) in [6, 6.07) is 3.54. The highest BCUT2D eigenvalue weighted by molar-refractivity contribution is 5.83. The summed E-state index contributed by atoms with van der Waals surface area (Å²) < 4.78 is 68.9. The minimum absolute atomic E-state index is 0.0751. The average Bonchev–Trinajstić information content (AvgIpc) is 3.41. The number of nitrogens with zero attached hydrogens (tertiary/aromatic N) is 6. The van der Waals surface area contributed by atoms with Crippen molar-refractivity contribution in [3.63, 3.8) is 0 Å². The molecule has 4 heterocycles. The van der Waals surface area contributed by atoms with Gasteiger partial charge in [0, 0.05) is 31.3 Å². The molecule has 5 rings (SSSR count). The maximum atomic E-state index is 15.1. The minimum atomic E-state index is -3.02. The summed E-state index contributed by atoms with van der Waals surface area (Å²) in [6.07, 6.45) is -0.324. The number of rotatable bonds is 11. The van der Waals surface area contributed by atoms with E-state index >= 15 is 4.39 Å². The molecule has 0 amide bonds. The number of halogens is 4. The quantitative estimate of drug-likeness (QED) is 0.168. The Labute approximate surface area is 251 Å². The van der Waals surface area contributed by atoms with Gasteiger partial charge in [0.15, 0.2) is 28.5 Å². The third-order valence-corrected chi connectivity index (χ3v) is 7.71. The molecule has 15 heteroatoms. The van der Waals surface area contributed by atoms with Crippen LogP contribution in [0.15, 0.2) is 37.1 Å². The van der Waals surface area contributed by atoms with Gasteiger partial charge in [-0.25, -0.2) is 32.5 Å². The minimum Gasteiger partial charge on any atom is -0.494 e. The molecule has 1 aliphatic heterocycles. The van der Waals surface area contributed by atoms with Gasteiger partial charge in [-0.05, 0) is 44.4 Å². The topological polar surface area (TPSA) is 136 Å². The predicted octanol–water partition coefficient (Wildman–Crippen LogP) is 3.94. The first kappa shape index (κ1) is 31.3. The van der Waals surface area contributed by atoms with Crippen LogP contribution in [-0.4, -0.2) is 80.7 Å². The Morgan fingerprint density at radius 1 is 1.14 bits per heavy atom. The molecular weight excluding hydrogens is 584 g/mol. The van der Waals surface area contributed by atoms with Gasteiger partial charge in [-0.2, -0.15) is 0 Å². The molecule has 1 fully saturated rings. The Balaban J connectivity index is 1.57. The molecule has 1 aliphatic rings. The molecule has 0 aliphatic carbocycles. The summed E-state index contributed by atoms with van der Waals surface area (Å²) >= 11 is 0. The smallest absolute Gasteiger partial charge is 0.265 e. The monoisotopic (exact) mass is 618 g/mol. The van der Waals surface area contributed by atoms with Crippen molar-refractivity contribution >= 4 is 22.7 Å². The molecule has 1 aromatic carbocycles. The summed E-state index contributed by atoms with van der Waals surface area (Å²) in [6.45, 7) is 4.73. The lowest BCUT2D eigenvalue weighted by Crippen LogP contribution is -2.63. The van der Waals surface area contributed by atoms with E-state index in [4.69, 9.17) is 15.2 Å². The van der Waals surface area contributed by atoms with Crippen molar-refractivity contribution in [3.8, 4) is 17.0 Å². The van der Waals surface area contributed by atoms with Gasteiger partial charge < -0.3 is 35.1 Å². The zero-order valence-electron chi connectivity index (χ0n) is 24.5. The van der Waals surface area contributed by atoms with Crippen molar-refractivity contribution in [3.05, 3.63) is 54.2 Å². The first-order chi connectivity index (χ1) is 21.0. The normalized spacial score (nSPS) is 18.5. The number of hydrogen-bond donors (Lipinski definition) is 3. The number of piperidine rings is 1. The fourth-order valence-corrected chi connectivity index (χ4v) is 5.51. The molecule has 11 nitrogen and oxygen atoms in total. The van der Waals surface area contributed by atoms with Crippen molar-refractivity contribution in [2.45, 2.75) is 57.5 Å². The van der Waals surface area contributed by atoms with Crippen molar-refractivity contribution in [2.24, 2.45) is 5.73 Å². The SMILES string of the molecule is CCOC(C)Nc1ncnc2c1ncn2Cc1cc(-c2cc(F)c(OC)cc2F)ncc1N1CCC[C@](N)([C@H](O)C(F)F)C1. The van der Waals surface area contributed by atoms with Crippen molar-refractivity contribution in [2.75, 3.05) is 37.0 Å². The number of hydrogen-bond acceptors (Lipinski definition) is 10. The number of nitrogens with one attached hydrogen (secondary N) is 1. The Morgan fingerprint density at radius 3 is 2.66 bits per heavy atom. The fraction of sp³-hybridized carbons (Fsp3) is 0.448. The van der Waals surface area contributed by atoms with Crippen molar-refractivity contribution < 1.29 is 32.1 Å². The second-order valence-electron chi connectivity index (χ2n) is 10.7. The second kappa shape index (κ2) is 12.9. The molecule has 4 aromatic rings. The number of aromatic nitrogens is 5. The molecule has 0 saturated carbocycles. The summed E-state index contributed by atoms with van der Waals surface area (Å²) in [5.41, 5.74) is 6.86. The fourth-order valence-electron chi connectivity index (χ4n) is 5.51. The lowest BCUT2D eigenvalue weighted by atomic mass is 9.84. The Hall–Kier alpha value is -4.08. The summed E-state index contributed by atoms with van der Waals surface area (Å²) in [5, 5.41) is 13.4. The number of nitrogens with two attached hydrogens (primary N) is 1. The van der Waals surface area contributed by atoms with E-state index in [9.17, 15) is 18.3 Å². The summed E-state index contributed by atoms with van der Waals surface area (Å²) in [4.78, 5) is 19.4. The molecule has 1 unspecified atom stereocenters. The third kappa shape index (κ3) is 6.25. The second-order valence-corrected chi connectivity index (χ2v) is 10.7. The van der Waals surface area contributed by atoms with Crippen molar-refractivity contribution in [1.29, 1.82) is 0 Å². The maximum absolute atomic E-state index is 15.1. The van der Waals surface area contributed by atoms with Gasteiger partial charge in [0.1, 0.15) is 24.5 Å². The first-order valence-corrected chi connectivity index (χ1v) is 14.1. The zero-order chi connectivity index (χ0) is 31.6. The number of ether oxygens (including phenoxy) is 2. The van der Waals surface area contributed by atoms with Gasteiger partial charge in [-0.1, -0.05) is 0 Å². The molecular formula is C29H34F4N8O3. The van der Waals surface area contributed by atoms with Gasteiger partial charge in [0.2, 0.25) is 0 Å². The van der Waals surface area contributed by atoms with Crippen LogP contribution in [-0.2, 0) is 11.3 Å². The highest BCUT2D eigenvalue weighted by Crippen LogP contribution is 2.35. The number of benzene rings is 1. The highest BCUT2D eigenvalue weighted by Gasteiger charge is 2.43. The van der Waals surface area contributed by atoms with Crippen LogP contribution in [0.4, 0.5) is 29.1 Å². The van der Waals surface area contributed by atoms with Crippen LogP contribution >= 0.6 is 0 Å². The number of imidazole rings is 1. The largest absolute Gasteiger partial charge is 0.494 e. The van der Waals surface area contributed by atoms with E-state index in [1.54, 1.807) is 21.9 Å². The molecule has 44 heavy (non-hydrogen) atoms. The van der Waals surface area contributed by atoms with Crippen LogP contribution in [0.25, 0.3) is 22.4 Å². The molecule has 1 saturated heterocycles. The Morgan fingerprint density at radius 2 is 1.93 bits per heavy atom. The number of anilines is 2. The zero-order valence-corrected chi connectivity index (χ0v) is 24.5. The number of pyridine rings is 1. The number of alkyl halides is 2. The molecule has 0 bridgehead atoms. The molecule has 236 valence electrons. The standard InChI is InChI=1S/C29H34F4N8O3/c1-4-44-16(2)39-27-24-28(37-14-36-27)41(15-38-24)12-17-8-21(18-9-20(31)23(43-3)10-19(18)30)35-11-22(17)40-7-5-6-29(34,13-40)25(42)26(32)33/h8-11,14-16,25-26,42H,4-7,12-13,34H2,1-3H3,(H,36,37,39)/t16?,25-,29-/m1/s1. The van der Waals surface area contributed by atoms with Gasteiger partial charge >= 0.3 is 0 Å². The molecule has 0 radical (unpaired) electrons. The van der Waals surface area contributed by atoms with E-state index in [-0.39, 0.29) is 42.7 Å². The number of aliphatic hydroxyl groups excluding tert-OH is 1. The molecule has 0 spiro atoms. The molecule has 3 atom stereocenters. The highest BCUT2D eigenvalue weighted by atomic mass is 19.3. The lowest BCUT2D eigenvalue weighted by Gasteiger charge is -2.44. The van der Waals surface area contributed by atoms with E-state index in [0.717, 1.165) is 12.1 Å². The van der Waals surface area contributed by atoms with Crippen LogP contribution in [0.2, 0.25) is 0 Å². The van der Waals surface area contributed by atoms with Crippen LogP contribution in [0, 0.1) is 11.6 Å². The number of fused-ring (bicyclic) bond motifs is 1. The Bertz CT molecular complexity index is 1620. The van der Waals surface area contributed by atoms with Gasteiger partial charge in [-0.15, -0.1) is 0 Å². The summed E-state index contributed by atoms with van der Waals surface area (Å²) in [7, 11) is 1.24. The lowest BCUT2D eigenvalue weighted by molar-refractivity contribution is -0.0529. The number of aliphatic hydroxyl groups is 1. The Kier molecular flexibility index (Phi) is 9.18. The van der Waals surface area contributed by atoms with Crippen LogP contribution in [0.1, 0.15) is 32.3 Å². The van der Waals surface area contributed by atoms with Crippen LogP contribution in [0.5, 0.6) is 5.75 Å². The van der Waals surface area contributed by atoms with Gasteiger partial charge in [0.25, 0.3) is 6.43 Å². The van der Waals surface area contributed by atoms with Crippen molar-refractivity contribution in [1.82, 2.24) is 24.5 Å². The third-order valence-electron chi connectivity index (χ3n) is 7.71.